The van der Waals surface area contributed by atoms with Crippen molar-refractivity contribution in [3.8, 4) is 0 Å². The van der Waals surface area contributed by atoms with Gasteiger partial charge < -0.3 is 9.84 Å². The summed E-state index contributed by atoms with van der Waals surface area (Å²) in [7, 11) is 0. The van der Waals surface area contributed by atoms with Gasteiger partial charge in [0.2, 0.25) is 0 Å². The Labute approximate surface area is 60.0 Å². The van der Waals surface area contributed by atoms with Crippen molar-refractivity contribution in [2.75, 3.05) is 19.9 Å². The molecule has 2 nitrogen and oxygen atoms in total. The van der Waals surface area contributed by atoms with Gasteiger partial charge in [-0.2, -0.15) is 0 Å². The Morgan fingerprint density at radius 2 is 2.20 bits per heavy atom. The molecule has 0 atom stereocenters. The average Bonchev–Trinajstić information content (AvgIpc) is 1.86. The Kier molecular flexibility index (Phi) is 3.09. The van der Waals surface area contributed by atoms with Crippen LogP contribution in [0.25, 0.3) is 0 Å². The van der Waals surface area contributed by atoms with Crippen LogP contribution in [-0.2, 0) is 4.74 Å². The second-order valence-electron chi connectivity index (χ2n) is 2.70. The van der Waals surface area contributed by atoms with Crippen LogP contribution in [-0.4, -0.2) is 31.1 Å². The van der Waals surface area contributed by atoms with Gasteiger partial charge in [-0.05, 0) is 18.8 Å². The van der Waals surface area contributed by atoms with E-state index in [1.54, 1.807) is 0 Å². The zero-order valence-corrected chi connectivity index (χ0v) is 5.92. The highest BCUT2D eigenvalue weighted by Crippen LogP contribution is 2.29. The van der Waals surface area contributed by atoms with Crippen molar-refractivity contribution in [3.05, 3.63) is 0 Å². The highest BCUT2D eigenvalue weighted by Gasteiger charge is 2.28. The van der Waals surface area contributed by atoms with Crippen molar-refractivity contribution < 1.29 is 14.2 Å². The van der Waals surface area contributed by atoms with Gasteiger partial charge in [-0.3, -0.25) is 0 Å². The molecule has 0 bridgehead atoms. The van der Waals surface area contributed by atoms with Crippen LogP contribution in [0, 0.1) is 5.92 Å². The van der Waals surface area contributed by atoms with Crippen LogP contribution in [0.3, 0.4) is 0 Å². The predicted octanol–water partition coefficient (Wildman–Crippen LogP) is 0.743. The molecule has 1 rings (SSSR count). The van der Waals surface area contributed by atoms with E-state index in [1.165, 1.54) is 0 Å². The molecule has 1 fully saturated rings. The second kappa shape index (κ2) is 3.88. The molecule has 0 unspecified atom stereocenters. The highest BCUT2D eigenvalue weighted by molar-refractivity contribution is 4.79. The number of hydrogen-bond donors (Lipinski definition) is 1. The zero-order chi connectivity index (χ0) is 7.40. The second-order valence-corrected chi connectivity index (χ2v) is 2.70. The molecule has 60 valence electrons. The first-order valence-electron chi connectivity index (χ1n) is 3.65. The van der Waals surface area contributed by atoms with E-state index in [4.69, 9.17) is 9.84 Å². The molecule has 0 saturated heterocycles. The average molecular weight is 148 g/mol. The van der Waals surface area contributed by atoms with E-state index in [1.807, 2.05) is 0 Å². The zero-order valence-electron chi connectivity index (χ0n) is 5.92. The van der Waals surface area contributed by atoms with E-state index in [0.717, 1.165) is 12.8 Å². The van der Waals surface area contributed by atoms with E-state index in [0.29, 0.717) is 5.92 Å². The minimum Gasteiger partial charge on any atom is -0.396 e. The first kappa shape index (κ1) is 7.95. The summed E-state index contributed by atoms with van der Waals surface area (Å²) in [6, 6.07) is 0. The lowest BCUT2D eigenvalue weighted by Gasteiger charge is -2.33. The number of aliphatic hydroxyl groups is 1. The van der Waals surface area contributed by atoms with Crippen LogP contribution in [0.2, 0.25) is 0 Å². The Bertz CT molecular complexity index is 88.9. The summed E-state index contributed by atoms with van der Waals surface area (Å²) in [4.78, 5) is 0. The molecule has 10 heavy (non-hydrogen) atoms. The Balaban J connectivity index is 1.93. The highest BCUT2D eigenvalue weighted by atomic mass is 19.1. The topological polar surface area (TPSA) is 29.5 Å². The third kappa shape index (κ3) is 1.92. The van der Waals surface area contributed by atoms with Crippen molar-refractivity contribution in [1.82, 2.24) is 0 Å². The molecule has 0 heterocycles. The molecule has 0 amide bonds. The van der Waals surface area contributed by atoms with Gasteiger partial charge in [-0.25, -0.2) is 4.39 Å². The van der Waals surface area contributed by atoms with E-state index < -0.39 is 6.67 Å². The fourth-order valence-electron chi connectivity index (χ4n) is 1.17. The molecule has 0 aromatic carbocycles. The van der Waals surface area contributed by atoms with Crippen LogP contribution in [0.5, 0.6) is 0 Å². The van der Waals surface area contributed by atoms with E-state index in [9.17, 15) is 4.39 Å². The van der Waals surface area contributed by atoms with Gasteiger partial charge >= 0.3 is 0 Å². The lowest BCUT2D eigenvalue weighted by atomic mass is 9.83. The standard InChI is InChI=1S/C7H13FO2/c8-1-2-10-7-3-6(4-7)5-9/h6-7,9H,1-5H2. The van der Waals surface area contributed by atoms with Crippen LogP contribution in [0.4, 0.5) is 4.39 Å². The number of aliphatic hydroxyl groups excluding tert-OH is 1. The molecule has 0 radical (unpaired) electrons. The quantitative estimate of drug-likeness (QED) is 0.637. The SMILES string of the molecule is OCC1CC(OCCF)C1. The van der Waals surface area contributed by atoms with Crippen molar-refractivity contribution >= 4 is 0 Å². The fraction of sp³-hybridized carbons (Fsp3) is 1.00. The van der Waals surface area contributed by atoms with Gasteiger partial charge in [0, 0.05) is 6.61 Å². The molecule has 1 N–H and O–H groups in total. The summed E-state index contributed by atoms with van der Waals surface area (Å²) >= 11 is 0. The molecule has 0 aliphatic heterocycles. The smallest absolute Gasteiger partial charge is 0.113 e. The van der Waals surface area contributed by atoms with Crippen molar-refractivity contribution in [1.29, 1.82) is 0 Å². The van der Waals surface area contributed by atoms with Gasteiger partial charge in [-0.15, -0.1) is 0 Å². The number of ether oxygens (including phenoxy) is 1. The minimum absolute atomic E-state index is 0.211. The van der Waals surface area contributed by atoms with Gasteiger partial charge in [0.15, 0.2) is 0 Å². The maximum atomic E-state index is 11.5. The monoisotopic (exact) mass is 148 g/mol. The predicted molar refractivity (Wildman–Crippen MR) is 35.5 cm³/mol. The summed E-state index contributed by atoms with van der Waals surface area (Å²) < 4.78 is 16.6. The van der Waals surface area contributed by atoms with Crippen LogP contribution < -0.4 is 0 Å². The fourth-order valence-corrected chi connectivity index (χ4v) is 1.17. The Hall–Kier alpha value is -0.150. The number of hydrogen-bond acceptors (Lipinski definition) is 2. The third-order valence-electron chi connectivity index (χ3n) is 1.88. The lowest BCUT2D eigenvalue weighted by Crippen LogP contribution is -2.33. The maximum Gasteiger partial charge on any atom is 0.113 e. The molecule has 1 saturated carbocycles. The summed E-state index contributed by atoms with van der Waals surface area (Å²) in [5.74, 6) is 0.407. The largest absolute Gasteiger partial charge is 0.396 e. The van der Waals surface area contributed by atoms with Gasteiger partial charge in [0.25, 0.3) is 0 Å². The molecule has 1 aliphatic carbocycles. The third-order valence-corrected chi connectivity index (χ3v) is 1.88. The van der Waals surface area contributed by atoms with Gasteiger partial charge in [-0.1, -0.05) is 0 Å². The number of halogens is 1. The summed E-state index contributed by atoms with van der Waals surface area (Å²) in [5, 5.41) is 8.60. The molecule has 0 aromatic heterocycles. The molecule has 0 spiro atoms. The summed E-state index contributed by atoms with van der Waals surface area (Å²) in [6.07, 6.45) is 2.01. The van der Waals surface area contributed by atoms with Crippen molar-refractivity contribution in [2.45, 2.75) is 18.9 Å². The van der Waals surface area contributed by atoms with Gasteiger partial charge in [0.05, 0.1) is 12.7 Å². The first-order valence-corrected chi connectivity index (χ1v) is 3.65. The van der Waals surface area contributed by atoms with Crippen molar-refractivity contribution in [2.24, 2.45) is 5.92 Å². The van der Waals surface area contributed by atoms with Gasteiger partial charge in [0.1, 0.15) is 6.67 Å². The minimum atomic E-state index is -0.402. The number of alkyl halides is 1. The molecular formula is C7H13FO2. The molecular weight excluding hydrogens is 135 g/mol. The van der Waals surface area contributed by atoms with Crippen LogP contribution in [0.15, 0.2) is 0 Å². The van der Waals surface area contributed by atoms with E-state index >= 15 is 0 Å². The number of rotatable bonds is 4. The maximum absolute atomic E-state index is 11.5. The van der Waals surface area contributed by atoms with Crippen LogP contribution >= 0.6 is 0 Å². The normalized spacial score (nSPS) is 31.8. The molecule has 3 heteroatoms. The Morgan fingerprint density at radius 3 is 2.70 bits per heavy atom. The Morgan fingerprint density at radius 1 is 1.50 bits per heavy atom. The van der Waals surface area contributed by atoms with Crippen LogP contribution in [0.1, 0.15) is 12.8 Å². The van der Waals surface area contributed by atoms with E-state index in [2.05, 4.69) is 0 Å². The summed E-state index contributed by atoms with van der Waals surface area (Å²) in [5.41, 5.74) is 0. The summed E-state index contributed by atoms with van der Waals surface area (Å²) in [6.45, 7) is 0.0542. The lowest BCUT2D eigenvalue weighted by molar-refractivity contribution is -0.0481. The molecule has 1 aliphatic rings. The van der Waals surface area contributed by atoms with Crippen molar-refractivity contribution in [3.63, 3.8) is 0 Å². The van der Waals surface area contributed by atoms with E-state index in [-0.39, 0.29) is 19.3 Å². The first-order chi connectivity index (χ1) is 4.86. The molecule has 0 aromatic rings.